The molecule has 166 valence electrons. The molecule has 0 fully saturated rings. The van der Waals surface area contributed by atoms with Crippen LogP contribution in [0.1, 0.15) is 58.9 Å². The topological polar surface area (TPSA) is 67.8 Å². The summed E-state index contributed by atoms with van der Waals surface area (Å²) < 4.78 is 16.8. The highest BCUT2D eigenvalue weighted by atomic mass is 19.1. The Kier molecular flexibility index (Phi) is 15.6. The van der Waals surface area contributed by atoms with Crippen LogP contribution in [0.2, 0.25) is 0 Å². The van der Waals surface area contributed by atoms with Crippen LogP contribution in [0, 0.1) is 5.82 Å². The van der Waals surface area contributed by atoms with Crippen molar-refractivity contribution in [2.45, 2.75) is 59.8 Å². The zero-order chi connectivity index (χ0) is 22.8. The number of allylic oxidation sites excluding steroid dienone is 4. The van der Waals surface area contributed by atoms with Crippen LogP contribution < -0.4 is 5.32 Å². The highest BCUT2D eigenvalue weighted by Gasteiger charge is 2.06. The van der Waals surface area contributed by atoms with Crippen molar-refractivity contribution in [3.63, 3.8) is 0 Å². The molecule has 0 aliphatic rings. The summed E-state index contributed by atoms with van der Waals surface area (Å²) in [4.78, 5) is 26.8. The zero-order valence-electron chi connectivity index (χ0n) is 18.8. The Labute approximate surface area is 180 Å². The second kappa shape index (κ2) is 17.1. The minimum atomic E-state index is -0.347. The molecule has 0 saturated carbocycles. The number of methoxy groups -OCH3 is 1. The van der Waals surface area contributed by atoms with E-state index in [2.05, 4.69) is 28.0 Å². The third-order valence-corrected chi connectivity index (χ3v) is 3.98. The lowest BCUT2D eigenvalue weighted by Crippen LogP contribution is -2.31. The molecule has 6 heteroatoms. The van der Waals surface area contributed by atoms with Crippen LogP contribution in [0.4, 0.5) is 4.39 Å². The quantitative estimate of drug-likeness (QED) is 0.247. The van der Waals surface area contributed by atoms with Crippen LogP contribution in [-0.2, 0) is 20.7 Å². The summed E-state index contributed by atoms with van der Waals surface area (Å²) in [6, 6.07) is 6.67. The number of esters is 1. The van der Waals surface area contributed by atoms with Gasteiger partial charge in [0.05, 0.1) is 13.5 Å². The van der Waals surface area contributed by atoms with Gasteiger partial charge >= 0.3 is 5.97 Å². The molecule has 1 aromatic rings. The van der Waals surface area contributed by atoms with Crippen molar-refractivity contribution in [1.82, 2.24) is 5.32 Å². The normalized spacial score (nSPS) is 11.7. The van der Waals surface area contributed by atoms with Gasteiger partial charge < -0.3 is 10.1 Å². The maximum absolute atomic E-state index is 12.3. The van der Waals surface area contributed by atoms with E-state index < -0.39 is 0 Å². The molecule has 0 unspecified atom stereocenters. The third-order valence-electron chi connectivity index (χ3n) is 3.98. The van der Waals surface area contributed by atoms with Gasteiger partial charge in [0.1, 0.15) is 11.5 Å². The Bertz CT molecular complexity index is 722. The van der Waals surface area contributed by atoms with E-state index in [1.807, 2.05) is 38.1 Å². The maximum atomic E-state index is 12.3. The van der Waals surface area contributed by atoms with Crippen LogP contribution in [0.25, 0.3) is 0 Å². The predicted molar refractivity (Wildman–Crippen MR) is 121 cm³/mol. The molecule has 30 heavy (non-hydrogen) atoms. The van der Waals surface area contributed by atoms with Gasteiger partial charge in [0, 0.05) is 12.2 Å². The smallest absolute Gasteiger partial charge is 0.307 e. The number of carbonyl (C=O) groups excluding carboxylic acids is 2. The number of hydrogen-bond donors (Lipinski definition) is 1. The van der Waals surface area contributed by atoms with E-state index in [4.69, 9.17) is 0 Å². The fourth-order valence-electron chi connectivity index (χ4n) is 2.36. The van der Waals surface area contributed by atoms with Gasteiger partial charge in [-0.05, 0) is 57.7 Å². The highest BCUT2D eigenvalue weighted by molar-refractivity contribution is 6.38. The van der Waals surface area contributed by atoms with E-state index in [0.29, 0.717) is 5.71 Å². The molecule has 0 aliphatic carbocycles. The number of carbonyl (C=O) groups is 2. The molecule has 0 saturated heterocycles. The number of halogens is 1. The molecule has 0 aliphatic heterocycles. The fourth-order valence-corrected chi connectivity index (χ4v) is 2.36. The first kappa shape index (κ1) is 27.2. The van der Waals surface area contributed by atoms with E-state index in [9.17, 15) is 14.0 Å². The Hall–Kier alpha value is -2.76. The molecule has 1 amide bonds. The Morgan fingerprint density at radius 3 is 2.40 bits per heavy atom. The molecule has 0 spiro atoms. The van der Waals surface area contributed by atoms with Gasteiger partial charge in [0.2, 0.25) is 0 Å². The summed E-state index contributed by atoms with van der Waals surface area (Å²) in [7, 11) is 1.32. The van der Waals surface area contributed by atoms with Crippen LogP contribution in [0.15, 0.2) is 53.2 Å². The van der Waals surface area contributed by atoms with Crippen LogP contribution >= 0.6 is 0 Å². The van der Waals surface area contributed by atoms with Gasteiger partial charge in [-0.1, -0.05) is 43.7 Å². The summed E-state index contributed by atoms with van der Waals surface area (Å²) in [5.41, 5.74) is 2.41. The number of nitrogens with one attached hydrogen (secondary N) is 1. The lowest BCUT2D eigenvalue weighted by molar-refractivity contribution is -0.140. The van der Waals surface area contributed by atoms with E-state index >= 15 is 0 Å². The van der Waals surface area contributed by atoms with Crippen LogP contribution in [0.3, 0.4) is 0 Å². The van der Waals surface area contributed by atoms with Crippen molar-refractivity contribution in [2.24, 2.45) is 4.99 Å². The Balaban J connectivity index is 0.000000696. The van der Waals surface area contributed by atoms with Crippen molar-refractivity contribution in [2.75, 3.05) is 13.7 Å². The second-order valence-electron chi connectivity index (χ2n) is 6.65. The first-order valence-corrected chi connectivity index (χ1v) is 10.3. The number of rotatable bonds is 10. The minimum absolute atomic E-state index is 0.153. The van der Waals surface area contributed by atoms with Crippen molar-refractivity contribution in [3.05, 3.63) is 59.6 Å². The van der Waals surface area contributed by atoms with Crippen molar-refractivity contribution < 1.29 is 18.7 Å². The fraction of sp³-hybridized carbons (Fsp3) is 0.458. The number of amides is 1. The molecule has 0 atom stereocenters. The van der Waals surface area contributed by atoms with E-state index in [-0.39, 0.29) is 30.7 Å². The minimum Gasteiger partial charge on any atom is -0.469 e. The molecule has 1 aromatic carbocycles. The standard InChI is InChI=1S/C15H24N2O3.C9H11F/c1-5-6-7-8-9-12(2)17-13(3)15(19)16-11-10-14(18)20-4;1-2-3-8-4-6-9(10)7-5-8/h5-6,9H,7-8,10-11H2,1-4H3,(H,16,19);4-7H,2-3H2,1H3/b6-5+,12-9+,17-13?;. The average molecular weight is 419 g/mol. The summed E-state index contributed by atoms with van der Waals surface area (Å²) >= 11 is 0. The SMILES string of the molecule is C/C=C/CC/C=C(\C)N=C(C)C(=O)NCCC(=O)OC.CCCc1ccc(F)cc1. The summed E-state index contributed by atoms with van der Waals surface area (Å²) in [5, 5.41) is 2.62. The lowest BCUT2D eigenvalue weighted by Gasteiger charge is -2.04. The second-order valence-corrected chi connectivity index (χ2v) is 6.65. The van der Waals surface area contributed by atoms with E-state index in [1.165, 1.54) is 24.8 Å². The van der Waals surface area contributed by atoms with Crippen molar-refractivity contribution in [3.8, 4) is 0 Å². The van der Waals surface area contributed by atoms with Gasteiger partial charge in [-0.2, -0.15) is 0 Å². The molecule has 0 heterocycles. The monoisotopic (exact) mass is 418 g/mol. The molecule has 0 bridgehead atoms. The van der Waals surface area contributed by atoms with Crippen molar-refractivity contribution in [1.29, 1.82) is 0 Å². The number of nitrogens with zero attached hydrogens (tertiary/aromatic N) is 1. The van der Waals surface area contributed by atoms with Crippen molar-refractivity contribution >= 4 is 17.6 Å². The average Bonchev–Trinajstić information content (AvgIpc) is 2.73. The van der Waals surface area contributed by atoms with Gasteiger partial charge in [-0.15, -0.1) is 0 Å². The number of ether oxygens (including phenoxy) is 1. The number of aliphatic imine (C=N–C) groups is 1. The maximum Gasteiger partial charge on any atom is 0.307 e. The Morgan fingerprint density at radius 1 is 1.17 bits per heavy atom. The van der Waals surface area contributed by atoms with Gasteiger partial charge in [-0.3, -0.25) is 14.6 Å². The highest BCUT2D eigenvalue weighted by Crippen LogP contribution is 2.04. The van der Waals surface area contributed by atoms with Crippen LogP contribution in [-0.4, -0.2) is 31.2 Å². The molecule has 5 nitrogen and oxygen atoms in total. The third kappa shape index (κ3) is 14.3. The molecular weight excluding hydrogens is 383 g/mol. The Morgan fingerprint density at radius 2 is 1.83 bits per heavy atom. The molecule has 1 N–H and O–H groups in total. The van der Waals surface area contributed by atoms with E-state index in [1.54, 1.807) is 6.92 Å². The van der Waals surface area contributed by atoms with Gasteiger partial charge in [-0.25, -0.2) is 4.39 Å². The molecule has 0 radical (unpaired) electrons. The zero-order valence-corrected chi connectivity index (χ0v) is 18.8. The predicted octanol–water partition coefficient (Wildman–Crippen LogP) is 5.16. The molecule has 0 aromatic heterocycles. The molecular formula is C24H35FN2O3. The first-order valence-electron chi connectivity index (χ1n) is 10.3. The number of benzene rings is 1. The summed E-state index contributed by atoms with van der Waals surface area (Å²) in [6.07, 6.45) is 10.3. The van der Waals surface area contributed by atoms with Gasteiger partial charge in [0.15, 0.2) is 0 Å². The molecule has 1 rings (SSSR count). The lowest BCUT2D eigenvalue weighted by atomic mass is 10.1. The number of unbranched alkanes of at least 4 members (excludes halogenated alkanes) is 1. The van der Waals surface area contributed by atoms with Gasteiger partial charge in [0.25, 0.3) is 5.91 Å². The summed E-state index contributed by atoms with van der Waals surface area (Å²) in [6.45, 7) is 7.86. The number of hydrogen-bond acceptors (Lipinski definition) is 4. The summed E-state index contributed by atoms with van der Waals surface area (Å²) in [5.74, 6) is -0.769. The van der Waals surface area contributed by atoms with Crippen LogP contribution in [0.5, 0.6) is 0 Å². The van der Waals surface area contributed by atoms with E-state index in [0.717, 1.165) is 31.4 Å². The largest absolute Gasteiger partial charge is 0.469 e. The first-order chi connectivity index (χ1) is 14.3. The number of aryl methyl sites for hydroxylation is 1.